The normalized spacial score (nSPS) is 20.2. The predicted molar refractivity (Wildman–Crippen MR) is 71.0 cm³/mol. The molecule has 100 valence electrons. The third kappa shape index (κ3) is 3.96. The van der Waals surface area contributed by atoms with Gasteiger partial charge >= 0.3 is 0 Å². The summed E-state index contributed by atoms with van der Waals surface area (Å²) in [6.07, 6.45) is 3.44. The Balaban J connectivity index is 2.40. The zero-order valence-electron chi connectivity index (χ0n) is 11.7. The van der Waals surface area contributed by atoms with Crippen molar-refractivity contribution in [1.29, 1.82) is 0 Å². The maximum atomic E-state index is 12.0. The summed E-state index contributed by atoms with van der Waals surface area (Å²) in [7, 11) is 3.77. The fraction of sp³-hybridized carbons (Fsp3) is 0.923. The Morgan fingerprint density at radius 2 is 2.06 bits per heavy atom. The van der Waals surface area contributed by atoms with Crippen LogP contribution in [0.15, 0.2) is 0 Å². The highest BCUT2D eigenvalue weighted by molar-refractivity contribution is 5.81. The van der Waals surface area contributed by atoms with E-state index in [-0.39, 0.29) is 11.9 Å². The average Bonchev–Trinajstić information content (AvgIpc) is 2.37. The summed E-state index contributed by atoms with van der Waals surface area (Å²) in [6, 6.07) is 0.347. The van der Waals surface area contributed by atoms with E-state index in [1.165, 1.54) is 13.0 Å². The SMILES string of the molecule is CCCN1CCC(N(C)C(=O)C(C)NC)CC1. The van der Waals surface area contributed by atoms with Gasteiger partial charge in [-0.05, 0) is 39.8 Å². The summed E-state index contributed by atoms with van der Waals surface area (Å²) in [5.41, 5.74) is 0. The van der Waals surface area contributed by atoms with Crippen molar-refractivity contribution in [3.63, 3.8) is 0 Å². The van der Waals surface area contributed by atoms with Gasteiger partial charge in [0.1, 0.15) is 0 Å². The number of carbonyl (C=O) groups excluding carboxylic acids is 1. The Labute approximate surface area is 105 Å². The Kier molecular flexibility index (Phi) is 5.92. The standard InChI is InChI=1S/C13H27N3O/c1-5-8-16-9-6-12(7-10-16)15(4)13(17)11(2)14-3/h11-12,14H,5-10H2,1-4H3. The molecule has 1 fully saturated rings. The van der Waals surface area contributed by atoms with Gasteiger partial charge in [0, 0.05) is 26.2 Å². The van der Waals surface area contributed by atoms with Gasteiger partial charge in [-0.3, -0.25) is 4.79 Å². The van der Waals surface area contributed by atoms with Gasteiger partial charge in [0.2, 0.25) is 5.91 Å². The lowest BCUT2D eigenvalue weighted by Gasteiger charge is -2.37. The minimum Gasteiger partial charge on any atom is -0.341 e. The van der Waals surface area contributed by atoms with Crippen LogP contribution in [-0.2, 0) is 4.79 Å². The van der Waals surface area contributed by atoms with Crippen LogP contribution in [0.1, 0.15) is 33.1 Å². The van der Waals surface area contributed by atoms with Gasteiger partial charge in [0.15, 0.2) is 0 Å². The van der Waals surface area contributed by atoms with E-state index in [1.807, 2.05) is 25.9 Å². The molecule has 1 N–H and O–H groups in total. The third-order valence-corrected chi connectivity index (χ3v) is 3.80. The fourth-order valence-electron chi connectivity index (χ4n) is 2.46. The van der Waals surface area contributed by atoms with Gasteiger partial charge in [0.25, 0.3) is 0 Å². The highest BCUT2D eigenvalue weighted by Crippen LogP contribution is 2.16. The lowest BCUT2D eigenvalue weighted by Crippen LogP contribution is -2.50. The van der Waals surface area contributed by atoms with Crippen LogP contribution in [0, 0.1) is 0 Å². The third-order valence-electron chi connectivity index (χ3n) is 3.80. The maximum absolute atomic E-state index is 12.0. The van der Waals surface area contributed by atoms with Crippen LogP contribution >= 0.6 is 0 Å². The van der Waals surface area contributed by atoms with Crippen molar-refractivity contribution in [2.45, 2.75) is 45.2 Å². The van der Waals surface area contributed by atoms with Crippen LogP contribution in [0.25, 0.3) is 0 Å². The number of likely N-dealkylation sites (tertiary alicyclic amines) is 1. The molecule has 1 heterocycles. The first-order valence-corrected chi connectivity index (χ1v) is 6.76. The molecule has 4 heteroatoms. The van der Waals surface area contributed by atoms with Crippen molar-refractivity contribution in [2.24, 2.45) is 0 Å². The van der Waals surface area contributed by atoms with E-state index in [0.717, 1.165) is 25.9 Å². The zero-order chi connectivity index (χ0) is 12.8. The second-order valence-electron chi connectivity index (χ2n) is 5.03. The summed E-state index contributed by atoms with van der Waals surface area (Å²) in [6.45, 7) is 7.59. The summed E-state index contributed by atoms with van der Waals surface area (Å²) in [5.74, 6) is 0.210. The van der Waals surface area contributed by atoms with E-state index in [0.29, 0.717) is 6.04 Å². The number of likely N-dealkylation sites (N-methyl/N-ethyl adjacent to an activating group) is 2. The van der Waals surface area contributed by atoms with E-state index in [1.54, 1.807) is 0 Å². The molecule has 1 atom stereocenters. The van der Waals surface area contributed by atoms with Crippen molar-refractivity contribution in [2.75, 3.05) is 33.7 Å². The molecule has 0 bridgehead atoms. The van der Waals surface area contributed by atoms with E-state index in [4.69, 9.17) is 0 Å². The molecule has 1 unspecified atom stereocenters. The van der Waals surface area contributed by atoms with Crippen LogP contribution in [0.5, 0.6) is 0 Å². The van der Waals surface area contributed by atoms with Crippen molar-refractivity contribution >= 4 is 5.91 Å². The monoisotopic (exact) mass is 241 g/mol. The average molecular weight is 241 g/mol. The van der Waals surface area contributed by atoms with Gasteiger partial charge in [0.05, 0.1) is 6.04 Å². The van der Waals surface area contributed by atoms with Crippen molar-refractivity contribution in [3.8, 4) is 0 Å². The van der Waals surface area contributed by atoms with Gasteiger partial charge in [-0.15, -0.1) is 0 Å². The molecule has 1 aliphatic heterocycles. The molecule has 1 saturated heterocycles. The van der Waals surface area contributed by atoms with Gasteiger partial charge in [-0.2, -0.15) is 0 Å². The summed E-state index contributed by atoms with van der Waals surface area (Å²) < 4.78 is 0. The second-order valence-corrected chi connectivity index (χ2v) is 5.03. The number of carbonyl (C=O) groups is 1. The Bertz CT molecular complexity index is 237. The first-order valence-electron chi connectivity index (χ1n) is 6.76. The van der Waals surface area contributed by atoms with Crippen LogP contribution in [0.2, 0.25) is 0 Å². The van der Waals surface area contributed by atoms with Crippen LogP contribution in [0.4, 0.5) is 0 Å². The summed E-state index contributed by atoms with van der Waals surface area (Å²) in [5, 5.41) is 3.01. The number of rotatable bonds is 5. The molecule has 0 aromatic heterocycles. The lowest BCUT2D eigenvalue weighted by molar-refractivity contribution is -0.134. The van der Waals surface area contributed by atoms with E-state index in [2.05, 4.69) is 17.1 Å². The highest BCUT2D eigenvalue weighted by atomic mass is 16.2. The maximum Gasteiger partial charge on any atom is 0.239 e. The van der Waals surface area contributed by atoms with Gasteiger partial charge < -0.3 is 15.1 Å². The molecular weight excluding hydrogens is 214 g/mol. The van der Waals surface area contributed by atoms with E-state index >= 15 is 0 Å². The molecule has 0 aromatic carbocycles. The molecule has 17 heavy (non-hydrogen) atoms. The molecule has 0 aromatic rings. The number of nitrogens with zero attached hydrogens (tertiary/aromatic N) is 2. The molecule has 0 radical (unpaired) electrons. The molecule has 0 saturated carbocycles. The number of amides is 1. The van der Waals surface area contributed by atoms with Crippen LogP contribution in [-0.4, -0.2) is 61.5 Å². The zero-order valence-corrected chi connectivity index (χ0v) is 11.7. The highest BCUT2D eigenvalue weighted by Gasteiger charge is 2.26. The fourth-order valence-corrected chi connectivity index (χ4v) is 2.46. The molecule has 0 aliphatic carbocycles. The minimum atomic E-state index is -0.0753. The Morgan fingerprint density at radius 3 is 2.53 bits per heavy atom. The number of piperidine rings is 1. The minimum absolute atomic E-state index is 0.0753. The van der Waals surface area contributed by atoms with Gasteiger partial charge in [-0.25, -0.2) is 0 Å². The van der Waals surface area contributed by atoms with Crippen molar-refractivity contribution < 1.29 is 4.79 Å². The topological polar surface area (TPSA) is 35.6 Å². The largest absolute Gasteiger partial charge is 0.341 e. The lowest BCUT2D eigenvalue weighted by atomic mass is 10.0. The quantitative estimate of drug-likeness (QED) is 0.778. The smallest absolute Gasteiger partial charge is 0.239 e. The van der Waals surface area contributed by atoms with Crippen LogP contribution in [0.3, 0.4) is 0 Å². The van der Waals surface area contributed by atoms with E-state index in [9.17, 15) is 4.79 Å². The number of hydrogen-bond donors (Lipinski definition) is 1. The molecule has 1 rings (SSSR count). The number of hydrogen-bond acceptors (Lipinski definition) is 3. The molecule has 1 aliphatic rings. The van der Waals surface area contributed by atoms with Gasteiger partial charge in [-0.1, -0.05) is 6.92 Å². The van der Waals surface area contributed by atoms with Crippen molar-refractivity contribution in [1.82, 2.24) is 15.1 Å². The first-order chi connectivity index (χ1) is 8.10. The second kappa shape index (κ2) is 6.97. The van der Waals surface area contributed by atoms with Crippen molar-refractivity contribution in [3.05, 3.63) is 0 Å². The molecular formula is C13H27N3O. The van der Waals surface area contributed by atoms with E-state index < -0.39 is 0 Å². The number of nitrogens with one attached hydrogen (secondary N) is 1. The summed E-state index contributed by atoms with van der Waals surface area (Å²) >= 11 is 0. The molecule has 0 spiro atoms. The molecule has 4 nitrogen and oxygen atoms in total. The predicted octanol–water partition coefficient (Wildman–Crippen LogP) is 0.927. The Morgan fingerprint density at radius 1 is 1.47 bits per heavy atom. The molecule has 1 amide bonds. The first kappa shape index (κ1) is 14.5. The Hall–Kier alpha value is -0.610. The van der Waals surface area contributed by atoms with Crippen LogP contribution < -0.4 is 5.32 Å². The summed E-state index contributed by atoms with van der Waals surface area (Å²) in [4.78, 5) is 16.5.